The summed E-state index contributed by atoms with van der Waals surface area (Å²) in [5, 5.41) is 8.63. The predicted octanol–water partition coefficient (Wildman–Crippen LogP) is 2.46. The van der Waals surface area contributed by atoms with Crippen molar-refractivity contribution in [2.24, 2.45) is 0 Å². The molecule has 2 aromatic heterocycles. The van der Waals surface area contributed by atoms with Crippen LogP contribution in [0.4, 0.5) is 0 Å². The smallest absolute Gasteiger partial charge is 0.0929 e. The van der Waals surface area contributed by atoms with Crippen LogP contribution in [0.3, 0.4) is 0 Å². The lowest BCUT2D eigenvalue weighted by Crippen LogP contribution is -1.90. The van der Waals surface area contributed by atoms with Gasteiger partial charge in [0, 0.05) is 16.9 Å². The van der Waals surface area contributed by atoms with Crippen LogP contribution in [-0.2, 0) is 6.42 Å². The second kappa shape index (κ2) is 3.72. The minimum absolute atomic E-state index is 0.369. The van der Waals surface area contributed by atoms with E-state index >= 15 is 0 Å². The van der Waals surface area contributed by atoms with Gasteiger partial charge in [-0.15, -0.1) is 0 Å². The van der Waals surface area contributed by atoms with Gasteiger partial charge in [-0.25, -0.2) is 0 Å². The summed E-state index contributed by atoms with van der Waals surface area (Å²) in [6, 6.07) is 5.83. The summed E-state index contributed by atoms with van der Waals surface area (Å²) in [5.41, 5.74) is 2.54. The number of aromatic nitrogens is 2. The van der Waals surface area contributed by atoms with Crippen molar-refractivity contribution >= 4 is 27.0 Å². The molecule has 2 heterocycles. The zero-order valence-corrected chi connectivity index (χ0v) is 8.82. The third-order valence-corrected chi connectivity index (χ3v) is 2.33. The first-order valence-electron chi connectivity index (χ1n) is 4.07. The molecule has 0 aromatic carbocycles. The van der Waals surface area contributed by atoms with Crippen LogP contribution in [0.15, 0.2) is 29.0 Å². The molecule has 0 bridgehead atoms. The van der Waals surface area contributed by atoms with Crippen LogP contribution in [0.25, 0.3) is 11.0 Å². The van der Waals surface area contributed by atoms with Crippen LogP contribution in [0.5, 0.6) is 0 Å². The molecular weight excluding hydrogens is 242 g/mol. The Kier molecular flexibility index (Phi) is 2.42. The van der Waals surface area contributed by atoms with Crippen molar-refractivity contribution in [2.75, 3.05) is 0 Å². The Morgan fingerprint density at radius 1 is 1.43 bits per heavy atom. The van der Waals surface area contributed by atoms with Crippen molar-refractivity contribution in [3.8, 4) is 6.07 Å². The van der Waals surface area contributed by atoms with Crippen molar-refractivity contribution in [1.29, 1.82) is 5.26 Å². The van der Waals surface area contributed by atoms with E-state index in [9.17, 15) is 0 Å². The second-order valence-electron chi connectivity index (χ2n) is 2.83. The van der Waals surface area contributed by atoms with Crippen LogP contribution >= 0.6 is 15.9 Å². The van der Waals surface area contributed by atoms with E-state index in [4.69, 9.17) is 5.26 Å². The molecule has 0 atom stereocenters. The van der Waals surface area contributed by atoms with Crippen molar-refractivity contribution in [2.45, 2.75) is 6.42 Å². The Hall–Kier alpha value is -1.47. The molecule has 2 rings (SSSR count). The van der Waals surface area contributed by atoms with Crippen LogP contribution in [-0.4, -0.2) is 9.97 Å². The Morgan fingerprint density at radius 3 is 3.07 bits per heavy atom. The van der Waals surface area contributed by atoms with Gasteiger partial charge in [0.05, 0.1) is 23.5 Å². The number of nitriles is 1. The molecule has 2 aromatic rings. The lowest BCUT2D eigenvalue weighted by Gasteiger charge is -2.00. The molecule has 0 aliphatic carbocycles. The maximum Gasteiger partial charge on any atom is 0.0929 e. The average molecular weight is 248 g/mol. The zero-order valence-electron chi connectivity index (χ0n) is 7.24. The number of halogens is 1. The number of pyridine rings is 2. The minimum atomic E-state index is 0.369. The summed E-state index contributed by atoms with van der Waals surface area (Å²) >= 11 is 3.33. The molecule has 0 saturated heterocycles. The van der Waals surface area contributed by atoms with Crippen LogP contribution in [0.1, 0.15) is 5.56 Å². The van der Waals surface area contributed by atoms with E-state index in [-0.39, 0.29) is 0 Å². The number of nitrogens with zero attached hydrogens (tertiary/aromatic N) is 3. The first-order valence-corrected chi connectivity index (χ1v) is 4.86. The lowest BCUT2D eigenvalue weighted by atomic mass is 10.1. The molecule has 0 saturated carbocycles. The van der Waals surface area contributed by atoms with E-state index < -0.39 is 0 Å². The molecule has 14 heavy (non-hydrogen) atoms. The summed E-state index contributed by atoms with van der Waals surface area (Å²) in [7, 11) is 0. The Labute approximate surface area is 89.5 Å². The van der Waals surface area contributed by atoms with Gasteiger partial charge in [0.1, 0.15) is 0 Å². The first kappa shape index (κ1) is 9.10. The molecule has 4 heteroatoms. The third kappa shape index (κ3) is 1.59. The van der Waals surface area contributed by atoms with E-state index in [0.29, 0.717) is 6.42 Å². The zero-order chi connectivity index (χ0) is 9.97. The summed E-state index contributed by atoms with van der Waals surface area (Å²) < 4.78 is 0.895. The van der Waals surface area contributed by atoms with Crippen molar-refractivity contribution in [3.05, 3.63) is 34.6 Å². The number of fused-ring (bicyclic) bond motifs is 1. The highest BCUT2D eigenvalue weighted by molar-refractivity contribution is 9.10. The largest absolute Gasteiger partial charge is 0.255 e. The van der Waals surface area contributed by atoms with Gasteiger partial charge in [-0.1, -0.05) is 0 Å². The monoisotopic (exact) mass is 247 g/mol. The summed E-state index contributed by atoms with van der Waals surface area (Å²) in [6.07, 6.45) is 3.78. The van der Waals surface area contributed by atoms with Gasteiger partial charge < -0.3 is 0 Å². The first-order chi connectivity index (χ1) is 6.81. The van der Waals surface area contributed by atoms with Gasteiger partial charge in [-0.2, -0.15) is 5.26 Å². The molecule has 0 unspecified atom stereocenters. The molecule has 0 spiro atoms. The topological polar surface area (TPSA) is 49.6 Å². The lowest BCUT2D eigenvalue weighted by molar-refractivity contribution is 1.22. The molecular formula is C10H6BrN3. The van der Waals surface area contributed by atoms with Crippen LogP contribution in [0.2, 0.25) is 0 Å². The molecule has 68 valence electrons. The number of hydrogen-bond donors (Lipinski definition) is 0. The maximum absolute atomic E-state index is 8.63. The van der Waals surface area contributed by atoms with Crippen molar-refractivity contribution in [3.63, 3.8) is 0 Å². The Balaban J connectivity index is 2.70. The average Bonchev–Trinajstić information content (AvgIpc) is 2.18. The standard InChI is InChI=1S/C10H6BrN3/c11-8-5-9-10(14-6-8)7(1-3-12)2-4-13-9/h2,4-6H,1H2. The van der Waals surface area contributed by atoms with Crippen LogP contribution < -0.4 is 0 Å². The normalized spacial score (nSPS) is 10.0. The third-order valence-electron chi connectivity index (χ3n) is 1.90. The second-order valence-corrected chi connectivity index (χ2v) is 3.74. The molecule has 3 nitrogen and oxygen atoms in total. The SMILES string of the molecule is N#CCc1ccnc2cc(Br)cnc12. The van der Waals surface area contributed by atoms with Crippen molar-refractivity contribution < 1.29 is 0 Å². The molecule has 0 amide bonds. The number of rotatable bonds is 1. The minimum Gasteiger partial charge on any atom is -0.255 e. The summed E-state index contributed by atoms with van der Waals surface area (Å²) in [4.78, 5) is 8.42. The summed E-state index contributed by atoms with van der Waals surface area (Å²) in [6.45, 7) is 0. The Morgan fingerprint density at radius 2 is 2.29 bits per heavy atom. The van der Waals surface area contributed by atoms with Gasteiger partial charge in [-0.05, 0) is 33.6 Å². The van der Waals surface area contributed by atoms with E-state index in [0.717, 1.165) is 21.1 Å². The summed E-state index contributed by atoms with van der Waals surface area (Å²) in [5.74, 6) is 0. The van der Waals surface area contributed by atoms with Gasteiger partial charge in [-0.3, -0.25) is 9.97 Å². The highest BCUT2D eigenvalue weighted by Crippen LogP contribution is 2.18. The van der Waals surface area contributed by atoms with E-state index in [1.807, 2.05) is 12.1 Å². The van der Waals surface area contributed by atoms with Gasteiger partial charge in [0.2, 0.25) is 0 Å². The van der Waals surface area contributed by atoms with E-state index in [2.05, 4.69) is 32.0 Å². The Bertz CT molecular complexity index is 516. The molecule has 0 radical (unpaired) electrons. The van der Waals surface area contributed by atoms with E-state index in [1.54, 1.807) is 12.4 Å². The quantitative estimate of drug-likeness (QED) is 0.778. The fourth-order valence-electron chi connectivity index (χ4n) is 1.29. The van der Waals surface area contributed by atoms with E-state index in [1.165, 1.54) is 0 Å². The fraction of sp³-hybridized carbons (Fsp3) is 0.100. The van der Waals surface area contributed by atoms with Gasteiger partial charge in [0.15, 0.2) is 0 Å². The molecule has 0 aliphatic rings. The predicted molar refractivity (Wildman–Crippen MR) is 56.6 cm³/mol. The molecule has 0 N–H and O–H groups in total. The van der Waals surface area contributed by atoms with Gasteiger partial charge >= 0.3 is 0 Å². The highest BCUT2D eigenvalue weighted by atomic mass is 79.9. The van der Waals surface area contributed by atoms with Crippen LogP contribution in [0, 0.1) is 11.3 Å². The highest BCUT2D eigenvalue weighted by Gasteiger charge is 2.02. The fourth-order valence-corrected chi connectivity index (χ4v) is 1.61. The van der Waals surface area contributed by atoms with Crippen molar-refractivity contribution in [1.82, 2.24) is 9.97 Å². The maximum atomic E-state index is 8.63. The number of hydrogen-bond acceptors (Lipinski definition) is 3. The molecule has 0 fully saturated rings. The van der Waals surface area contributed by atoms with Gasteiger partial charge in [0.25, 0.3) is 0 Å². The molecule has 0 aliphatic heterocycles.